The molecule has 0 saturated heterocycles. The number of rotatable bonds is 8. The first-order valence-electron chi connectivity index (χ1n) is 11.9. The van der Waals surface area contributed by atoms with E-state index in [1.165, 1.54) is 0 Å². The molecule has 0 atom stereocenters. The molecule has 2 aliphatic rings. The lowest BCUT2D eigenvalue weighted by Gasteiger charge is -2.17. The number of amides is 2. The van der Waals surface area contributed by atoms with Crippen LogP contribution in [0.5, 0.6) is 11.5 Å². The van der Waals surface area contributed by atoms with Crippen LogP contribution >= 0.6 is 11.6 Å². The van der Waals surface area contributed by atoms with Gasteiger partial charge in [0.15, 0.2) is 11.5 Å². The van der Waals surface area contributed by atoms with Gasteiger partial charge in [-0.05, 0) is 80.5 Å². The summed E-state index contributed by atoms with van der Waals surface area (Å²) < 4.78 is 10.9. The molecule has 0 radical (unpaired) electrons. The molecule has 7 nitrogen and oxygen atoms in total. The van der Waals surface area contributed by atoms with Crippen LogP contribution in [0.3, 0.4) is 0 Å². The topological polar surface area (TPSA) is 79.9 Å². The number of hydrogen-bond acceptors (Lipinski definition) is 5. The summed E-state index contributed by atoms with van der Waals surface area (Å²) in [6, 6.07) is 18.4. The van der Waals surface area contributed by atoms with Crippen LogP contribution in [0, 0.1) is 0 Å². The summed E-state index contributed by atoms with van der Waals surface area (Å²) in [7, 11) is 3.92. The van der Waals surface area contributed by atoms with E-state index in [4.69, 9.17) is 21.1 Å². The lowest BCUT2D eigenvalue weighted by molar-refractivity contribution is -0.118. The normalized spacial score (nSPS) is 15.0. The fourth-order valence-corrected chi connectivity index (χ4v) is 4.56. The largest absolute Gasteiger partial charge is 0.454 e. The van der Waals surface area contributed by atoms with E-state index in [0.29, 0.717) is 34.3 Å². The van der Waals surface area contributed by atoms with Gasteiger partial charge in [-0.1, -0.05) is 29.8 Å². The molecule has 3 aromatic carbocycles. The van der Waals surface area contributed by atoms with Crippen LogP contribution < -0.4 is 20.1 Å². The Morgan fingerprint density at radius 2 is 1.72 bits per heavy atom. The summed E-state index contributed by atoms with van der Waals surface area (Å²) in [6.45, 7) is 1.55. The van der Waals surface area contributed by atoms with Crippen LogP contribution in [-0.4, -0.2) is 50.7 Å². The van der Waals surface area contributed by atoms with Crippen molar-refractivity contribution in [1.29, 1.82) is 0 Å². The minimum atomic E-state index is -0.567. The van der Waals surface area contributed by atoms with E-state index in [1.807, 2.05) is 55.4 Å². The van der Waals surface area contributed by atoms with Crippen molar-refractivity contribution in [3.63, 3.8) is 0 Å². The van der Waals surface area contributed by atoms with Crippen molar-refractivity contribution in [2.24, 2.45) is 0 Å². The van der Waals surface area contributed by atoms with E-state index >= 15 is 0 Å². The summed E-state index contributed by atoms with van der Waals surface area (Å²) >= 11 is 6.50. The highest BCUT2D eigenvalue weighted by atomic mass is 35.5. The average Bonchev–Trinajstić information content (AvgIpc) is 3.56. The third-order valence-corrected chi connectivity index (χ3v) is 6.97. The summed E-state index contributed by atoms with van der Waals surface area (Å²) in [5, 5.41) is 6.55. The minimum absolute atomic E-state index is 0.0561. The molecule has 2 amide bonds. The van der Waals surface area contributed by atoms with Gasteiger partial charge in [0.05, 0.1) is 5.41 Å². The van der Waals surface area contributed by atoms with E-state index in [2.05, 4.69) is 10.6 Å². The maximum Gasteiger partial charge on any atom is 0.251 e. The fourth-order valence-electron chi connectivity index (χ4n) is 4.34. The maximum atomic E-state index is 13.3. The Labute approximate surface area is 215 Å². The number of nitrogens with zero attached hydrogens (tertiary/aromatic N) is 1. The van der Waals surface area contributed by atoms with E-state index in [9.17, 15) is 9.59 Å². The summed E-state index contributed by atoms with van der Waals surface area (Å²) in [5.41, 5.74) is 3.25. The number of ether oxygens (including phenoxy) is 2. The first-order chi connectivity index (χ1) is 17.4. The van der Waals surface area contributed by atoms with E-state index in [0.717, 1.165) is 36.1 Å². The van der Waals surface area contributed by atoms with Crippen LogP contribution in [0.2, 0.25) is 5.02 Å². The summed E-state index contributed by atoms with van der Waals surface area (Å²) in [4.78, 5) is 27.7. The number of carbonyl (C=O) groups excluding carboxylic acids is 2. The van der Waals surface area contributed by atoms with E-state index in [-0.39, 0.29) is 18.6 Å². The lowest BCUT2D eigenvalue weighted by Crippen LogP contribution is -2.31. The van der Waals surface area contributed by atoms with Crippen LogP contribution in [0.25, 0.3) is 11.1 Å². The zero-order valence-electron chi connectivity index (χ0n) is 20.3. The Morgan fingerprint density at radius 1 is 0.972 bits per heavy atom. The molecule has 186 valence electrons. The van der Waals surface area contributed by atoms with Crippen molar-refractivity contribution < 1.29 is 19.1 Å². The number of anilines is 1. The Morgan fingerprint density at radius 3 is 2.44 bits per heavy atom. The van der Waals surface area contributed by atoms with Crippen molar-refractivity contribution >= 4 is 29.1 Å². The molecule has 1 aliphatic carbocycles. The highest BCUT2D eigenvalue weighted by Gasteiger charge is 2.51. The van der Waals surface area contributed by atoms with Gasteiger partial charge in [-0.25, -0.2) is 0 Å². The van der Waals surface area contributed by atoms with Crippen LogP contribution in [0.1, 0.15) is 28.8 Å². The van der Waals surface area contributed by atoms with Gasteiger partial charge in [-0.15, -0.1) is 0 Å². The van der Waals surface area contributed by atoms with Crippen LogP contribution in [0.4, 0.5) is 5.69 Å². The molecule has 1 saturated carbocycles. The van der Waals surface area contributed by atoms with E-state index < -0.39 is 5.41 Å². The molecule has 5 rings (SSSR count). The second-order valence-corrected chi connectivity index (χ2v) is 9.84. The summed E-state index contributed by atoms with van der Waals surface area (Å²) in [6.07, 6.45) is 1.55. The van der Waals surface area contributed by atoms with Crippen LogP contribution in [-0.2, 0) is 10.2 Å². The molecule has 8 heteroatoms. The molecule has 0 unspecified atom stereocenters. The molecule has 1 fully saturated rings. The first-order valence-corrected chi connectivity index (χ1v) is 12.3. The predicted molar refractivity (Wildman–Crippen MR) is 140 cm³/mol. The molecule has 0 bridgehead atoms. The van der Waals surface area contributed by atoms with Gasteiger partial charge in [0.1, 0.15) is 0 Å². The molecular formula is C28H28ClN3O4. The van der Waals surface area contributed by atoms with Gasteiger partial charge in [0, 0.05) is 34.9 Å². The number of halogens is 1. The van der Waals surface area contributed by atoms with Crippen LogP contribution in [0.15, 0.2) is 60.7 Å². The number of fused-ring (bicyclic) bond motifs is 1. The standard InChI is InChI=1S/C28H28ClN3O4/c1-32(2)14-13-30-26(33)19-5-3-18(4-6-19)22-16-21(8-9-23(22)29)31-27(34)28(11-12-28)20-7-10-24-25(15-20)36-17-35-24/h3-10,15-16H,11-14,17H2,1-2H3,(H,30,33)(H,31,34). The van der Waals surface area contributed by atoms with Gasteiger partial charge in [0.2, 0.25) is 12.7 Å². The Bertz CT molecular complexity index is 1300. The molecule has 36 heavy (non-hydrogen) atoms. The molecule has 1 aliphatic heterocycles. The van der Waals surface area contributed by atoms with Gasteiger partial charge in [-0.2, -0.15) is 0 Å². The monoisotopic (exact) mass is 505 g/mol. The third-order valence-electron chi connectivity index (χ3n) is 6.64. The molecule has 0 aromatic heterocycles. The molecule has 2 N–H and O–H groups in total. The number of likely N-dealkylation sites (N-methyl/N-ethyl adjacent to an activating group) is 1. The minimum Gasteiger partial charge on any atom is -0.454 e. The zero-order chi connectivity index (χ0) is 25.3. The van der Waals surface area contributed by atoms with Crippen molar-refractivity contribution in [2.45, 2.75) is 18.3 Å². The highest BCUT2D eigenvalue weighted by molar-refractivity contribution is 6.33. The van der Waals surface area contributed by atoms with Gasteiger partial charge in [0.25, 0.3) is 5.91 Å². The predicted octanol–water partition coefficient (Wildman–Crippen LogP) is 4.70. The molecule has 0 spiro atoms. The van der Waals surface area contributed by atoms with Crippen molar-refractivity contribution in [1.82, 2.24) is 10.2 Å². The second kappa shape index (κ2) is 9.84. The lowest BCUT2D eigenvalue weighted by atomic mass is 9.94. The second-order valence-electron chi connectivity index (χ2n) is 9.44. The number of benzene rings is 3. The maximum absolute atomic E-state index is 13.3. The van der Waals surface area contributed by atoms with Crippen molar-refractivity contribution in [3.8, 4) is 22.6 Å². The Hall–Kier alpha value is -3.55. The molecule has 1 heterocycles. The highest BCUT2D eigenvalue weighted by Crippen LogP contribution is 2.51. The SMILES string of the molecule is CN(C)CCNC(=O)c1ccc(-c2cc(NC(=O)C3(c4ccc5c(c4)OCO5)CC3)ccc2Cl)cc1. The number of carbonyl (C=O) groups is 2. The van der Waals surface area contributed by atoms with Crippen molar-refractivity contribution in [2.75, 3.05) is 39.3 Å². The molecule has 3 aromatic rings. The Balaban J connectivity index is 1.30. The number of nitrogens with one attached hydrogen (secondary N) is 2. The number of hydrogen-bond donors (Lipinski definition) is 2. The molecular weight excluding hydrogens is 478 g/mol. The smallest absolute Gasteiger partial charge is 0.251 e. The summed E-state index contributed by atoms with van der Waals surface area (Å²) in [5.74, 6) is 1.21. The fraction of sp³-hybridized carbons (Fsp3) is 0.286. The van der Waals surface area contributed by atoms with Gasteiger partial charge >= 0.3 is 0 Å². The van der Waals surface area contributed by atoms with Crippen molar-refractivity contribution in [3.05, 3.63) is 76.8 Å². The quantitative estimate of drug-likeness (QED) is 0.464. The van der Waals surface area contributed by atoms with Gasteiger partial charge < -0.3 is 25.0 Å². The van der Waals surface area contributed by atoms with E-state index in [1.54, 1.807) is 24.3 Å². The third kappa shape index (κ3) is 4.90. The Kier molecular flexibility index (Phi) is 6.60. The zero-order valence-corrected chi connectivity index (χ0v) is 21.0. The average molecular weight is 506 g/mol. The van der Waals surface area contributed by atoms with Gasteiger partial charge in [-0.3, -0.25) is 9.59 Å². The first kappa shape index (κ1) is 24.2.